The Balaban J connectivity index is 0.00000288. The molecule has 1 saturated carbocycles. The van der Waals surface area contributed by atoms with Crippen molar-refractivity contribution in [2.75, 3.05) is 18.1 Å². The summed E-state index contributed by atoms with van der Waals surface area (Å²) in [5.74, 6) is 0.974. The Morgan fingerprint density at radius 3 is 2.50 bits per heavy atom. The van der Waals surface area contributed by atoms with E-state index < -0.39 is 0 Å². The number of ketones is 1. The number of nitrogens with one attached hydrogen (secondary N) is 1. The molecule has 2 rings (SSSR count). The Bertz CT molecular complexity index is 540. The van der Waals surface area contributed by atoms with Crippen molar-refractivity contribution < 1.29 is 9.59 Å². The van der Waals surface area contributed by atoms with Gasteiger partial charge in [0, 0.05) is 16.6 Å². The largest absolute Gasteiger partial charge is 0.352 e. The number of nitrogens with two attached hydrogens (primary N) is 1. The molecule has 1 aliphatic carbocycles. The molecule has 7 heteroatoms. The minimum atomic E-state index is -0.00995. The minimum absolute atomic E-state index is 0. The number of hydrogen-bond acceptors (Lipinski definition) is 4. The summed E-state index contributed by atoms with van der Waals surface area (Å²) in [5.41, 5.74) is 6.40. The summed E-state index contributed by atoms with van der Waals surface area (Å²) >= 11 is 7.14. The highest BCUT2D eigenvalue weighted by molar-refractivity contribution is 8.00. The van der Waals surface area contributed by atoms with Crippen molar-refractivity contribution in [3.8, 4) is 0 Å². The molecule has 0 radical (unpaired) electrons. The summed E-state index contributed by atoms with van der Waals surface area (Å²) < 4.78 is 0. The van der Waals surface area contributed by atoms with Crippen molar-refractivity contribution >= 4 is 47.5 Å². The van der Waals surface area contributed by atoms with E-state index in [0.717, 1.165) is 19.3 Å². The first-order chi connectivity index (χ1) is 11.1. The van der Waals surface area contributed by atoms with Crippen LogP contribution in [-0.4, -0.2) is 35.8 Å². The number of hydrogen-bond donors (Lipinski definition) is 2. The second-order valence-electron chi connectivity index (χ2n) is 5.88. The molecule has 1 fully saturated rings. The molecular weight excluding hydrogens is 367 g/mol. The third kappa shape index (κ3) is 6.63. The minimum Gasteiger partial charge on any atom is -0.352 e. The van der Waals surface area contributed by atoms with Gasteiger partial charge in [-0.25, -0.2) is 0 Å². The number of benzene rings is 1. The van der Waals surface area contributed by atoms with E-state index in [1.807, 2.05) is 0 Å². The Hall–Kier alpha value is -0.750. The lowest BCUT2D eigenvalue weighted by Crippen LogP contribution is -2.45. The first-order valence-electron chi connectivity index (χ1n) is 7.96. The van der Waals surface area contributed by atoms with Gasteiger partial charge in [0.2, 0.25) is 5.91 Å². The predicted octanol–water partition coefficient (Wildman–Crippen LogP) is 3.31. The number of thioether (sulfide) groups is 1. The molecule has 0 bridgehead atoms. The van der Waals surface area contributed by atoms with Crippen molar-refractivity contribution in [3.63, 3.8) is 0 Å². The fourth-order valence-electron chi connectivity index (χ4n) is 2.88. The van der Waals surface area contributed by atoms with E-state index in [2.05, 4.69) is 5.32 Å². The zero-order valence-electron chi connectivity index (χ0n) is 13.5. The molecule has 0 aromatic heterocycles. The number of amides is 1. The van der Waals surface area contributed by atoms with E-state index >= 15 is 0 Å². The van der Waals surface area contributed by atoms with Crippen molar-refractivity contribution in [1.29, 1.82) is 0 Å². The van der Waals surface area contributed by atoms with Gasteiger partial charge in [-0.3, -0.25) is 9.59 Å². The van der Waals surface area contributed by atoms with Gasteiger partial charge in [0.25, 0.3) is 0 Å². The first kappa shape index (κ1) is 21.3. The number of carbonyl (C=O) groups is 2. The van der Waals surface area contributed by atoms with E-state index in [4.69, 9.17) is 17.3 Å². The van der Waals surface area contributed by atoms with Crippen LogP contribution in [0.4, 0.5) is 0 Å². The van der Waals surface area contributed by atoms with Crippen LogP contribution < -0.4 is 11.1 Å². The lowest BCUT2D eigenvalue weighted by atomic mass is 9.84. The highest BCUT2D eigenvalue weighted by Crippen LogP contribution is 2.23. The van der Waals surface area contributed by atoms with Crippen LogP contribution >= 0.6 is 35.8 Å². The highest BCUT2D eigenvalue weighted by Gasteiger charge is 2.25. The second kappa shape index (κ2) is 11.0. The Kier molecular flexibility index (Phi) is 9.74. The molecule has 2 unspecified atom stereocenters. The smallest absolute Gasteiger partial charge is 0.230 e. The molecule has 0 heterocycles. The maximum atomic E-state index is 12.0. The average Bonchev–Trinajstić information content (AvgIpc) is 2.56. The highest BCUT2D eigenvalue weighted by atomic mass is 35.5. The topological polar surface area (TPSA) is 72.2 Å². The van der Waals surface area contributed by atoms with Crippen molar-refractivity contribution in [3.05, 3.63) is 34.9 Å². The van der Waals surface area contributed by atoms with Crippen molar-refractivity contribution in [1.82, 2.24) is 5.32 Å². The molecule has 0 spiro atoms. The quantitative estimate of drug-likeness (QED) is 0.700. The van der Waals surface area contributed by atoms with Crippen LogP contribution in [0.15, 0.2) is 24.3 Å². The van der Waals surface area contributed by atoms with Gasteiger partial charge in [-0.05, 0) is 49.6 Å². The summed E-state index contributed by atoms with van der Waals surface area (Å²) in [6.07, 6.45) is 4.42. The molecule has 0 saturated heterocycles. The Morgan fingerprint density at radius 1 is 1.17 bits per heavy atom. The van der Waals surface area contributed by atoms with Gasteiger partial charge in [-0.1, -0.05) is 24.4 Å². The van der Waals surface area contributed by atoms with Crippen molar-refractivity contribution in [2.45, 2.75) is 31.7 Å². The number of halogens is 2. The maximum Gasteiger partial charge on any atom is 0.230 e. The summed E-state index contributed by atoms with van der Waals surface area (Å²) in [6, 6.07) is 7.00. The van der Waals surface area contributed by atoms with Gasteiger partial charge in [0.05, 0.1) is 11.5 Å². The summed E-state index contributed by atoms with van der Waals surface area (Å²) in [4.78, 5) is 24.0. The van der Waals surface area contributed by atoms with E-state index in [0.29, 0.717) is 34.6 Å². The van der Waals surface area contributed by atoms with E-state index in [-0.39, 0.29) is 30.1 Å². The molecular formula is C17H24Cl2N2O2S. The molecule has 1 aromatic rings. The van der Waals surface area contributed by atoms with Gasteiger partial charge in [-0.15, -0.1) is 24.2 Å². The van der Waals surface area contributed by atoms with E-state index in [1.54, 1.807) is 24.3 Å². The number of Topliss-reactive ketones (excluding diaryl/α,β-unsaturated/α-hetero) is 1. The van der Waals surface area contributed by atoms with Gasteiger partial charge in [0.15, 0.2) is 5.78 Å². The molecule has 3 N–H and O–H groups in total. The van der Waals surface area contributed by atoms with Crippen LogP contribution in [0.25, 0.3) is 0 Å². The van der Waals surface area contributed by atoms with Crippen LogP contribution in [-0.2, 0) is 4.79 Å². The van der Waals surface area contributed by atoms with Gasteiger partial charge >= 0.3 is 0 Å². The Labute approximate surface area is 158 Å². The standard InChI is InChI=1S/C17H23ClN2O2S.ClH/c18-14-7-5-12(6-8-14)16(21)10-23-11-17(22)20-15-4-2-1-3-13(15)9-19;/h5-8,13,15H,1-4,9-11,19H2,(H,20,22);1H. The van der Waals surface area contributed by atoms with Gasteiger partial charge < -0.3 is 11.1 Å². The third-order valence-electron chi connectivity index (χ3n) is 4.19. The van der Waals surface area contributed by atoms with Crippen LogP contribution in [0.2, 0.25) is 5.02 Å². The third-order valence-corrected chi connectivity index (χ3v) is 5.38. The Morgan fingerprint density at radius 2 is 1.83 bits per heavy atom. The maximum absolute atomic E-state index is 12.0. The van der Waals surface area contributed by atoms with Crippen molar-refractivity contribution in [2.24, 2.45) is 11.7 Å². The van der Waals surface area contributed by atoms with Gasteiger partial charge in [0.1, 0.15) is 0 Å². The summed E-state index contributed by atoms with van der Waals surface area (Å²) in [7, 11) is 0. The summed E-state index contributed by atoms with van der Waals surface area (Å²) in [6.45, 7) is 0.618. The molecule has 24 heavy (non-hydrogen) atoms. The van der Waals surface area contributed by atoms with Crippen LogP contribution in [0.5, 0.6) is 0 Å². The van der Waals surface area contributed by atoms with Crippen LogP contribution in [0.3, 0.4) is 0 Å². The molecule has 1 aliphatic rings. The van der Waals surface area contributed by atoms with Crippen LogP contribution in [0.1, 0.15) is 36.0 Å². The fraction of sp³-hybridized carbons (Fsp3) is 0.529. The molecule has 134 valence electrons. The lowest BCUT2D eigenvalue weighted by Gasteiger charge is -2.31. The molecule has 2 atom stereocenters. The second-order valence-corrected chi connectivity index (χ2v) is 7.30. The zero-order chi connectivity index (χ0) is 16.7. The number of rotatable bonds is 7. The molecule has 0 aliphatic heterocycles. The van der Waals surface area contributed by atoms with E-state index in [1.165, 1.54) is 18.2 Å². The predicted molar refractivity (Wildman–Crippen MR) is 103 cm³/mol. The van der Waals surface area contributed by atoms with Crippen LogP contribution in [0, 0.1) is 5.92 Å². The van der Waals surface area contributed by atoms with E-state index in [9.17, 15) is 9.59 Å². The number of carbonyl (C=O) groups excluding carboxylic acids is 2. The fourth-order valence-corrected chi connectivity index (χ4v) is 3.73. The normalized spacial score (nSPS) is 20.1. The zero-order valence-corrected chi connectivity index (χ0v) is 15.9. The average molecular weight is 391 g/mol. The molecule has 4 nitrogen and oxygen atoms in total. The SMILES string of the molecule is Cl.NCC1CCCCC1NC(=O)CSCC(=O)c1ccc(Cl)cc1. The summed E-state index contributed by atoms with van der Waals surface area (Å²) in [5, 5.41) is 3.68. The molecule has 1 aromatic carbocycles. The lowest BCUT2D eigenvalue weighted by molar-refractivity contribution is -0.119. The van der Waals surface area contributed by atoms with Gasteiger partial charge in [-0.2, -0.15) is 0 Å². The molecule has 1 amide bonds. The first-order valence-corrected chi connectivity index (χ1v) is 9.49. The monoisotopic (exact) mass is 390 g/mol.